The monoisotopic (exact) mass is 342 g/mol. The predicted octanol–water partition coefficient (Wildman–Crippen LogP) is 6.02. The van der Waals surface area contributed by atoms with Crippen molar-refractivity contribution in [2.45, 2.75) is 110 Å². The molecule has 1 N–H and O–H groups in total. The van der Waals surface area contributed by atoms with E-state index in [4.69, 9.17) is 0 Å². The average molecular weight is 343 g/mol. The van der Waals surface area contributed by atoms with E-state index in [1.807, 2.05) is 27.9 Å². The molecule has 0 aliphatic rings. The van der Waals surface area contributed by atoms with Gasteiger partial charge < -0.3 is 9.59 Å². The molecule has 0 atom stereocenters. The number of carboxylic acids is 1. The molecular weight excluding hydrogens is 298 g/mol. The van der Waals surface area contributed by atoms with Crippen LogP contribution < -0.4 is 0 Å². The Bertz CT molecular complexity index is 324. The van der Waals surface area contributed by atoms with Crippen molar-refractivity contribution in [3.63, 3.8) is 0 Å². The third-order valence-corrected chi connectivity index (χ3v) is 5.86. The van der Waals surface area contributed by atoms with Crippen LogP contribution in [0.15, 0.2) is 0 Å². The minimum atomic E-state index is -0.711. The first-order valence-corrected chi connectivity index (χ1v) is 10.3. The Morgan fingerprint density at radius 2 is 1.08 bits per heavy atom. The SMILES string of the molecule is CCCCCCCCCCCCCCC[N+](C)(C)C(C)(C)C(=O)O. The lowest BCUT2D eigenvalue weighted by Crippen LogP contribution is -2.60. The van der Waals surface area contributed by atoms with Gasteiger partial charge in [-0.1, -0.05) is 77.6 Å². The summed E-state index contributed by atoms with van der Waals surface area (Å²) in [6, 6.07) is 0. The van der Waals surface area contributed by atoms with E-state index in [9.17, 15) is 9.90 Å². The summed E-state index contributed by atoms with van der Waals surface area (Å²) in [4.78, 5) is 11.4. The highest BCUT2D eigenvalue weighted by atomic mass is 16.4. The molecule has 0 bridgehead atoms. The summed E-state index contributed by atoms with van der Waals surface area (Å²) in [6.45, 7) is 6.87. The topological polar surface area (TPSA) is 37.3 Å². The van der Waals surface area contributed by atoms with Crippen molar-refractivity contribution < 1.29 is 14.4 Å². The summed E-state index contributed by atoms with van der Waals surface area (Å²) in [7, 11) is 4.07. The maximum absolute atomic E-state index is 11.4. The minimum absolute atomic E-state index is 0.556. The summed E-state index contributed by atoms with van der Waals surface area (Å²) < 4.78 is 0.556. The molecule has 3 nitrogen and oxygen atoms in total. The lowest BCUT2D eigenvalue weighted by molar-refractivity contribution is -0.928. The zero-order chi connectivity index (χ0) is 18.5. The van der Waals surface area contributed by atoms with Crippen molar-refractivity contribution in [2.24, 2.45) is 0 Å². The van der Waals surface area contributed by atoms with Gasteiger partial charge in [0.2, 0.25) is 0 Å². The van der Waals surface area contributed by atoms with Crippen molar-refractivity contribution in [2.75, 3.05) is 20.6 Å². The molecule has 0 saturated heterocycles. The van der Waals surface area contributed by atoms with Crippen LogP contribution >= 0.6 is 0 Å². The van der Waals surface area contributed by atoms with E-state index in [0.29, 0.717) is 4.48 Å². The normalized spacial score (nSPS) is 12.5. The molecule has 0 radical (unpaired) electrons. The Morgan fingerprint density at radius 1 is 0.750 bits per heavy atom. The van der Waals surface area contributed by atoms with E-state index < -0.39 is 11.5 Å². The summed E-state index contributed by atoms with van der Waals surface area (Å²) in [5.41, 5.74) is -0.711. The maximum atomic E-state index is 11.4. The highest BCUT2D eigenvalue weighted by molar-refractivity contribution is 5.76. The number of unbranched alkanes of at least 4 members (excludes halogenated alkanes) is 12. The summed E-state index contributed by atoms with van der Waals surface area (Å²) in [6.07, 6.45) is 17.6. The number of carboxylic acid groups (broad SMARTS) is 1. The van der Waals surface area contributed by atoms with Crippen molar-refractivity contribution in [3.8, 4) is 0 Å². The molecule has 0 saturated carbocycles. The molecule has 0 aromatic rings. The molecule has 24 heavy (non-hydrogen) atoms. The number of hydrogen-bond acceptors (Lipinski definition) is 1. The van der Waals surface area contributed by atoms with Crippen LogP contribution in [0.2, 0.25) is 0 Å². The van der Waals surface area contributed by atoms with Gasteiger partial charge in [0, 0.05) is 13.8 Å². The van der Waals surface area contributed by atoms with Crippen molar-refractivity contribution in [1.29, 1.82) is 0 Å². The van der Waals surface area contributed by atoms with Crippen LogP contribution in [0.4, 0.5) is 0 Å². The standard InChI is InChI=1S/C21H43NO2/c1-6-7-8-9-10-11-12-13-14-15-16-17-18-19-22(4,5)21(2,3)20(23)24/h6-19H2,1-5H3/p+1. The van der Waals surface area contributed by atoms with Crippen LogP contribution in [0.25, 0.3) is 0 Å². The van der Waals surface area contributed by atoms with Crippen LogP contribution in [-0.4, -0.2) is 41.7 Å². The Balaban J connectivity index is 3.50. The van der Waals surface area contributed by atoms with Crippen LogP contribution in [0, 0.1) is 0 Å². The van der Waals surface area contributed by atoms with Crippen LogP contribution in [0.5, 0.6) is 0 Å². The number of carbonyl (C=O) groups is 1. The molecule has 0 unspecified atom stereocenters. The van der Waals surface area contributed by atoms with Gasteiger partial charge in [-0.2, -0.15) is 0 Å². The van der Waals surface area contributed by atoms with Gasteiger partial charge in [-0.3, -0.25) is 0 Å². The van der Waals surface area contributed by atoms with Gasteiger partial charge in [0.05, 0.1) is 20.6 Å². The van der Waals surface area contributed by atoms with Crippen LogP contribution in [0.3, 0.4) is 0 Å². The molecule has 0 heterocycles. The maximum Gasteiger partial charge on any atom is 0.365 e. The first-order chi connectivity index (χ1) is 11.3. The van der Waals surface area contributed by atoms with Crippen molar-refractivity contribution in [3.05, 3.63) is 0 Å². The first kappa shape index (κ1) is 23.4. The lowest BCUT2D eigenvalue weighted by atomic mass is 9.99. The summed E-state index contributed by atoms with van der Waals surface area (Å²) in [5, 5.41) is 9.37. The second kappa shape index (κ2) is 12.7. The Kier molecular flexibility index (Phi) is 12.4. The van der Waals surface area contributed by atoms with E-state index in [2.05, 4.69) is 6.92 Å². The molecule has 0 fully saturated rings. The van der Waals surface area contributed by atoms with E-state index in [1.54, 1.807) is 0 Å². The van der Waals surface area contributed by atoms with Crippen LogP contribution in [-0.2, 0) is 4.79 Å². The van der Waals surface area contributed by atoms with Gasteiger partial charge in [-0.05, 0) is 12.8 Å². The van der Waals surface area contributed by atoms with E-state index in [-0.39, 0.29) is 0 Å². The molecule has 0 rings (SSSR count). The molecule has 0 aliphatic heterocycles. The number of hydrogen-bond donors (Lipinski definition) is 1. The van der Waals surface area contributed by atoms with E-state index >= 15 is 0 Å². The number of quaternary nitrogens is 1. The molecule has 0 aliphatic carbocycles. The fourth-order valence-electron chi connectivity index (χ4n) is 3.06. The first-order valence-electron chi connectivity index (χ1n) is 10.3. The second-order valence-electron chi connectivity index (χ2n) is 8.52. The molecule has 0 aromatic carbocycles. The molecule has 0 spiro atoms. The van der Waals surface area contributed by atoms with Gasteiger partial charge in [0.25, 0.3) is 0 Å². The largest absolute Gasteiger partial charge is 0.477 e. The highest BCUT2D eigenvalue weighted by Crippen LogP contribution is 2.22. The van der Waals surface area contributed by atoms with Gasteiger partial charge in [-0.15, -0.1) is 0 Å². The van der Waals surface area contributed by atoms with Gasteiger partial charge >= 0.3 is 5.97 Å². The third kappa shape index (κ3) is 9.66. The number of likely N-dealkylation sites (N-methyl/N-ethyl adjacent to an activating group) is 1. The Hall–Kier alpha value is -0.570. The van der Waals surface area contributed by atoms with E-state index in [1.165, 1.54) is 77.0 Å². The number of rotatable bonds is 16. The molecule has 0 amide bonds. The summed E-state index contributed by atoms with van der Waals surface area (Å²) in [5.74, 6) is -0.706. The average Bonchev–Trinajstić information content (AvgIpc) is 2.51. The van der Waals surface area contributed by atoms with Crippen molar-refractivity contribution >= 4 is 5.97 Å². The van der Waals surface area contributed by atoms with Gasteiger partial charge in [0.15, 0.2) is 5.54 Å². The predicted molar refractivity (Wildman–Crippen MR) is 104 cm³/mol. The zero-order valence-electron chi connectivity index (χ0n) is 17.2. The fraction of sp³-hybridized carbons (Fsp3) is 0.952. The Morgan fingerprint density at radius 3 is 1.42 bits per heavy atom. The zero-order valence-corrected chi connectivity index (χ0v) is 17.2. The minimum Gasteiger partial charge on any atom is -0.477 e. The smallest absolute Gasteiger partial charge is 0.365 e. The third-order valence-electron chi connectivity index (χ3n) is 5.86. The highest BCUT2D eigenvalue weighted by Gasteiger charge is 2.43. The Labute approximate surface area is 151 Å². The molecular formula is C21H44NO2+. The number of nitrogens with zero attached hydrogens (tertiary/aromatic N) is 1. The second-order valence-corrected chi connectivity index (χ2v) is 8.52. The molecule has 144 valence electrons. The van der Waals surface area contributed by atoms with Crippen molar-refractivity contribution in [1.82, 2.24) is 0 Å². The van der Waals surface area contributed by atoms with E-state index in [0.717, 1.165) is 13.0 Å². The quantitative estimate of drug-likeness (QED) is 0.275. The molecule has 3 heteroatoms. The van der Waals surface area contributed by atoms with Gasteiger partial charge in [0.1, 0.15) is 0 Å². The summed E-state index contributed by atoms with van der Waals surface area (Å²) >= 11 is 0. The van der Waals surface area contributed by atoms with Crippen LogP contribution in [0.1, 0.15) is 104 Å². The van der Waals surface area contributed by atoms with Gasteiger partial charge in [-0.25, -0.2) is 4.79 Å². The number of aliphatic carboxylic acids is 1. The lowest BCUT2D eigenvalue weighted by Gasteiger charge is -2.41. The molecule has 0 aromatic heterocycles. The fourth-order valence-corrected chi connectivity index (χ4v) is 3.06.